The van der Waals surface area contributed by atoms with Gasteiger partial charge in [-0.2, -0.15) is 0 Å². The van der Waals surface area contributed by atoms with Crippen LogP contribution in [0.25, 0.3) is 0 Å². The molecule has 0 unspecified atom stereocenters. The van der Waals surface area contributed by atoms with E-state index in [9.17, 15) is 19.5 Å². The van der Waals surface area contributed by atoms with Crippen molar-refractivity contribution in [1.29, 1.82) is 0 Å². The number of fused-ring (bicyclic) bond motifs is 1. The molecule has 8 heteroatoms. The van der Waals surface area contributed by atoms with Gasteiger partial charge in [-0.25, -0.2) is 0 Å². The minimum Gasteiger partial charge on any atom is -0.466 e. The first kappa shape index (κ1) is 22.7. The Labute approximate surface area is 178 Å². The third-order valence-electron chi connectivity index (χ3n) is 6.66. The van der Waals surface area contributed by atoms with Crippen LogP contribution < -0.4 is 0 Å². The lowest BCUT2D eigenvalue weighted by Gasteiger charge is -2.43. The number of carbonyl (C=O) groups excluding carboxylic acids is 3. The van der Waals surface area contributed by atoms with Crippen LogP contribution in [-0.4, -0.2) is 81.8 Å². The smallest absolute Gasteiger partial charge is 0.312 e. The molecular formula is C22H34N2O6. The molecule has 168 valence electrons. The second kappa shape index (κ2) is 7.96. The first-order valence-corrected chi connectivity index (χ1v) is 10.7. The van der Waals surface area contributed by atoms with Crippen molar-refractivity contribution in [2.75, 3.05) is 19.8 Å². The number of hydrogen-bond donors (Lipinski definition) is 1. The van der Waals surface area contributed by atoms with Crippen molar-refractivity contribution in [3.05, 3.63) is 12.7 Å². The molecule has 3 saturated heterocycles. The number of amides is 2. The van der Waals surface area contributed by atoms with Crippen molar-refractivity contribution >= 4 is 17.8 Å². The molecule has 30 heavy (non-hydrogen) atoms. The maximum atomic E-state index is 13.9. The van der Waals surface area contributed by atoms with Crippen LogP contribution in [0, 0.1) is 11.8 Å². The molecule has 2 bridgehead atoms. The van der Waals surface area contributed by atoms with E-state index in [1.165, 1.54) is 4.90 Å². The normalized spacial score (nSPS) is 33.4. The Kier molecular flexibility index (Phi) is 6.04. The average molecular weight is 423 g/mol. The summed E-state index contributed by atoms with van der Waals surface area (Å²) in [5.74, 6) is -2.51. The van der Waals surface area contributed by atoms with Gasteiger partial charge in [-0.05, 0) is 47.5 Å². The van der Waals surface area contributed by atoms with Crippen molar-refractivity contribution < 1.29 is 29.0 Å². The summed E-state index contributed by atoms with van der Waals surface area (Å²) in [6.45, 7) is 13.2. The van der Waals surface area contributed by atoms with Gasteiger partial charge in [0.2, 0.25) is 11.8 Å². The molecule has 3 rings (SSSR count). The third-order valence-corrected chi connectivity index (χ3v) is 6.66. The third kappa shape index (κ3) is 3.24. The highest BCUT2D eigenvalue weighted by Crippen LogP contribution is 2.59. The van der Waals surface area contributed by atoms with E-state index >= 15 is 0 Å². The average Bonchev–Trinajstić information content (AvgIpc) is 3.31. The van der Waals surface area contributed by atoms with Gasteiger partial charge in [-0.1, -0.05) is 6.08 Å². The van der Waals surface area contributed by atoms with Crippen LogP contribution in [0.3, 0.4) is 0 Å². The summed E-state index contributed by atoms with van der Waals surface area (Å²) >= 11 is 0. The first-order chi connectivity index (χ1) is 14.0. The van der Waals surface area contributed by atoms with Crippen molar-refractivity contribution in [3.8, 4) is 0 Å². The molecule has 6 atom stereocenters. The predicted octanol–water partition coefficient (Wildman–Crippen LogP) is 1.12. The summed E-state index contributed by atoms with van der Waals surface area (Å²) in [5, 5.41) is 9.84. The molecule has 3 fully saturated rings. The van der Waals surface area contributed by atoms with Gasteiger partial charge in [0, 0.05) is 12.1 Å². The minimum absolute atomic E-state index is 0.215. The lowest BCUT2D eigenvalue weighted by atomic mass is 9.70. The van der Waals surface area contributed by atoms with E-state index in [-0.39, 0.29) is 25.0 Å². The van der Waals surface area contributed by atoms with Crippen LogP contribution in [0.2, 0.25) is 0 Å². The summed E-state index contributed by atoms with van der Waals surface area (Å²) < 4.78 is 11.6. The second-order valence-electron chi connectivity index (χ2n) is 9.49. The fraction of sp³-hybridized carbons (Fsp3) is 0.773. The maximum absolute atomic E-state index is 13.9. The van der Waals surface area contributed by atoms with Crippen LogP contribution in [-0.2, 0) is 23.9 Å². The van der Waals surface area contributed by atoms with Gasteiger partial charge in [0.15, 0.2) is 0 Å². The molecule has 1 spiro atoms. The molecule has 0 aliphatic carbocycles. The minimum atomic E-state index is -1.08. The predicted molar refractivity (Wildman–Crippen MR) is 109 cm³/mol. The maximum Gasteiger partial charge on any atom is 0.312 e. The van der Waals surface area contributed by atoms with E-state index in [1.54, 1.807) is 24.8 Å². The van der Waals surface area contributed by atoms with Crippen LogP contribution >= 0.6 is 0 Å². The Balaban J connectivity index is 2.09. The first-order valence-electron chi connectivity index (χ1n) is 10.7. The van der Waals surface area contributed by atoms with Gasteiger partial charge in [-0.15, -0.1) is 6.58 Å². The number of nitrogens with zero attached hydrogens (tertiary/aromatic N) is 2. The van der Waals surface area contributed by atoms with E-state index < -0.39 is 47.1 Å². The zero-order valence-electron chi connectivity index (χ0n) is 18.6. The number of aliphatic hydroxyl groups is 1. The Morgan fingerprint density at radius 2 is 2.13 bits per heavy atom. The summed E-state index contributed by atoms with van der Waals surface area (Å²) in [5.41, 5.74) is -1.58. The quantitative estimate of drug-likeness (QED) is 0.488. The Morgan fingerprint density at radius 1 is 1.47 bits per heavy atom. The van der Waals surface area contributed by atoms with E-state index in [0.29, 0.717) is 19.4 Å². The lowest BCUT2D eigenvalue weighted by Crippen LogP contribution is -2.61. The molecule has 0 saturated carbocycles. The monoisotopic (exact) mass is 422 g/mol. The van der Waals surface area contributed by atoms with Gasteiger partial charge in [-0.3, -0.25) is 14.4 Å². The number of hydrogen-bond acceptors (Lipinski definition) is 6. The van der Waals surface area contributed by atoms with Gasteiger partial charge in [0.25, 0.3) is 0 Å². The number of aliphatic hydroxyl groups excluding tert-OH is 1. The zero-order valence-corrected chi connectivity index (χ0v) is 18.6. The van der Waals surface area contributed by atoms with Crippen LogP contribution in [0.15, 0.2) is 12.7 Å². The van der Waals surface area contributed by atoms with E-state index in [2.05, 4.69) is 6.58 Å². The highest BCUT2D eigenvalue weighted by molar-refractivity contribution is 5.98. The van der Waals surface area contributed by atoms with Gasteiger partial charge >= 0.3 is 5.97 Å². The Morgan fingerprint density at radius 3 is 2.67 bits per heavy atom. The molecule has 1 N–H and O–H groups in total. The molecule has 8 nitrogen and oxygen atoms in total. The fourth-order valence-electron chi connectivity index (χ4n) is 5.41. The standard InChI is InChI=1S/C22H34N2O6/c1-7-11-23(21(4,5)6)19(27)17-22-10-9-14(30-22)15(20(28)29-8-2)16(22)18(26)24(17)13(3)12-25/h7,13-17,25H,1,8-12H2,2-6H3/t13-,14-,15+,16+,17-,22+/m1/s1. The number of carbonyl (C=O) groups is 3. The topological polar surface area (TPSA) is 96.4 Å². The summed E-state index contributed by atoms with van der Waals surface area (Å²) in [7, 11) is 0. The summed E-state index contributed by atoms with van der Waals surface area (Å²) in [4.78, 5) is 43.3. The molecule has 0 aromatic rings. The summed E-state index contributed by atoms with van der Waals surface area (Å²) in [6.07, 6.45) is 2.34. The summed E-state index contributed by atoms with van der Waals surface area (Å²) in [6, 6.07) is -1.48. The largest absolute Gasteiger partial charge is 0.466 e. The number of esters is 1. The number of likely N-dealkylation sites (tertiary alicyclic amines) is 1. The molecule has 3 aliphatic heterocycles. The molecule has 3 aliphatic rings. The SMILES string of the molecule is C=CCN(C(=O)[C@H]1N([C@H](C)CO)C(=O)[C@@H]2[C@@H](C(=O)OCC)[C@H]3CC[C@]21O3)C(C)(C)C. The highest BCUT2D eigenvalue weighted by atomic mass is 16.6. The van der Waals surface area contributed by atoms with Crippen molar-refractivity contribution in [2.24, 2.45) is 11.8 Å². The van der Waals surface area contributed by atoms with Crippen molar-refractivity contribution in [2.45, 2.75) is 76.8 Å². The zero-order chi connectivity index (χ0) is 22.4. The molecule has 3 heterocycles. The van der Waals surface area contributed by atoms with Crippen LogP contribution in [0.5, 0.6) is 0 Å². The van der Waals surface area contributed by atoms with E-state index in [0.717, 1.165) is 0 Å². The Bertz CT molecular complexity index is 732. The molecular weight excluding hydrogens is 388 g/mol. The van der Waals surface area contributed by atoms with Gasteiger partial charge < -0.3 is 24.4 Å². The molecule has 0 aromatic heterocycles. The number of ether oxygens (including phenoxy) is 2. The van der Waals surface area contributed by atoms with E-state index in [4.69, 9.17) is 9.47 Å². The molecule has 0 aromatic carbocycles. The lowest BCUT2D eigenvalue weighted by molar-refractivity contribution is -0.157. The van der Waals surface area contributed by atoms with Gasteiger partial charge in [0.05, 0.1) is 37.2 Å². The van der Waals surface area contributed by atoms with Gasteiger partial charge in [0.1, 0.15) is 11.6 Å². The van der Waals surface area contributed by atoms with Crippen LogP contribution in [0.1, 0.15) is 47.5 Å². The molecule has 0 radical (unpaired) electrons. The van der Waals surface area contributed by atoms with Crippen LogP contribution in [0.4, 0.5) is 0 Å². The highest BCUT2D eigenvalue weighted by Gasteiger charge is 2.75. The number of rotatable bonds is 7. The fourth-order valence-corrected chi connectivity index (χ4v) is 5.41. The second-order valence-corrected chi connectivity index (χ2v) is 9.49. The van der Waals surface area contributed by atoms with Crippen molar-refractivity contribution in [3.63, 3.8) is 0 Å². The molecule has 2 amide bonds. The van der Waals surface area contributed by atoms with E-state index in [1.807, 2.05) is 20.8 Å². The van der Waals surface area contributed by atoms with Crippen molar-refractivity contribution in [1.82, 2.24) is 9.80 Å². The Hall–Kier alpha value is -1.93.